The summed E-state index contributed by atoms with van der Waals surface area (Å²) in [5.74, 6) is -2.17. The molecule has 1 aliphatic rings. The molecule has 4 aromatic carbocycles. The predicted octanol–water partition coefficient (Wildman–Crippen LogP) is 6.31. The third-order valence-corrected chi connectivity index (χ3v) is 7.74. The van der Waals surface area contributed by atoms with Gasteiger partial charge in [-0.3, -0.25) is 19.2 Å². The van der Waals surface area contributed by atoms with E-state index in [-0.39, 0.29) is 23.9 Å². The van der Waals surface area contributed by atoms with Crippen molar-refractivity contribution in [3.05, 3.63) is 131 Å². The summed E-state index contributed by atoms with van der Waals surface area (Å²) in [7, 11) is 0. The highest BCUT2D eigenvalue weighted by Crippen LogP contribution is 2.34. The Morgan fingerprint density at radius 3 is 2.21 bits per heavy atom. The highest BCUT2D eigenvalue weighted by molar-refractivity contribution is 8.00. The van der Waals surface area contributed by atoms with Gasteiger partial charge in [-0.2, -0.15) is 0 Å². The molecule has 0 bridgehead atoms. The van der Waals surface area contributed by atoms with Gasteiger partial charge < -0.3 is 10.6 Å². The molecule has 1 unspecified atom stereocenters. The number of anilines is 2. The molecule has 0 spiro atoms. The van der Waals surface area contributed by atoms with Gasteiger partial charge in [0.25, 0.3) is 11.8 Å². The Hall–Kier alpha value is -4.73. The first-order valence-electron chi connectivity index (χ1n) is 12.8. The minimum atomic E-state index is -0.634. The van der Waals surface area contributed by atoms with Gasteiger partial charge in [0.1, 0.15) is 11.5 Å². The number of halogens is 2. The second kappa shape index (κ2) is 12.8. The first kappa shape index (κ1) is 28.8. The second-order valence-electron chi connectivity index (χ2n) is 9.26. The lowest BCUT2D eigenvalue weighted by molar-refractivity contribution is -0.121. The number of imide groups is 1. The van der Waals surface area contributed by atoms with Gasteiger partial charge in [0, 0.05) is 27.6 Å². The van der Waals surface area contributed by atoms with Crippen LogP contribution in [0.15, 0.2) is 114 Å². The Morgan fingerprint density at radius 1 is 0.881 bits per heavy atom. The van der Waals surface area contributed by atoms with Crippen molar-refractivity contribution in [1.82, 2.24) is 5.32 Å². The van der Waals surface area contributed by atoms with Crippen molar-refractivity contribution in [3.8, 4) is 0 Å². The lowest BCUT2D eigenvalue weighted by Crippen LogP contribution is -2.31. The zero-order valence-electron chi connectivity index (χ0n) is 21.9. The summed E-state index contributed by atoms with van der Waals surface area (Å²) in [6.45, 7) is 0. The van der Waals surface area contributed by atoms with Crippen LogP contribution in [0.2, 0.25) is 5.02 Å². The average molecular weight is 600 g/mol. The molecule has 0 aromatic heterocycles. The van der Waals surface area contributed by atoms with E-state index in [0.717, 1.165) is 9.80 Å². The summed E-state index contributed by atoms with van der Waals surface area (Å²) >= 11 is 7.21. The molecule has 0 aliphatic carbocycles. The maximum atomic E-state index is 13.3. The van der Waals surface area contributed by atoms with Crippen LogP contribution < -0.4 is 15.5 Å². The molecular weight excluding hydrogens is 577 g/mol. The summed E-state index contributed by atoms with van der Waals surface area (Å²) in [4.78, 5) is 53.3. The number of amides is 4. The molecule has 4 aromatic rings. The molecule has 1 atom stereocenters. The van der Waals surface area contributed by atoms with Crippen LogP contribution in [-0.2, 0) is 14.4 Å². The number of hydrogen-bond donors (Lipinski definition) is 2. The fourth-order valence-electron chi connectivity index (χ4n) is 4.21. The summed E-state index contributed by atoms with van der Waals surface area (Å²) < 4.78 is 13.3. The number of thioether (sulfide) groups is 1. The van der Waals surface area contributed by atoms with Gasteiger partial charge in [-0.05, 0) is 84.4 Å². The van der Waals surface area contributed by atoms with Gasteiger partial charge in [0.2, 0.25) is 11.8 Å². The Morgan fingerprint density at radius 2 is 1.55 bits per heavy atom. The maximum absolute atomic E-state index is 13.3. The lowest BCUT2D eigenvalue weighted by Gasteiger charge is -2.15. The first-order valence-corrected chi connectivity index (χ1v) is 14.1. The number of benzene rings is 4. The van der Waals surface area contributed by atoms with Gasteiger partial charge in [-0.15, -0.1) is 11.8 Å². The quantitative estimate of drug-likeness (QED) is 0.183. The van der Waals surface area contributed by atoms with Crippen LogP contribution >= 0.6 is 23.4 Å². The Bertz CT molecular complexity index is 1660. The van der Waals surface area contributed by atoms with E-state index in [9.17, 15) is 23.6 Å². The maximum Gasteiger partial charge on any atom is 0.272 e. The van der Waals surface area contributed by atoms with Gasteiger partial charge in [-0.1, -0.05) is 41.9 Å². The van der Waals surface area contributed by atoms with Crippen LogP contribution in [-0.4, -0.2) is 28.9 Å². The smallest absolute Gasteiger partial charge is 0.272 e. The molecule has 1 fully saturated rings. The van der Waals surface area contributed by atoms with E-state index >= 15 is 0 Å². The van der Waals surface area contributed by atoms with E-state index in [1.54, 1.807) is 84.9 Å². The zero-order chi connectivity index (χ0) is 29.6. The Labute approximate surface area is 250 Å². The molecule has 42 heavy (non-hydrogen) atoms. The van der Waals surface area contributed by atoms with E-state index < -0.39 is 22.9 Å². The van der Waals surface area contributed by atoms with Crippen molar-refractivity contribution in [2.45, 2.75) is 16.6 Å². The molecule has 1 saturated heterocycles. The van der Waals surface area contributed by atoms with Crippen LogP contribution in [0.5, 0.6) is 0 Å². The lowest BCUT2D eigenvalue weighted by atomic mass is 10.1. The van der Waals surface area contributed by atoms with E-state index in [2.05, 4.69) is 10.6 Å². The van der Waals surface area contributed by atoms with Crippen LogP contribution in [0.4, 0.5) is 15.8 Å². The van der Waals surface area contributed by atoms with Gasteiger partial charge >= 0.3 is 0 Å². The normalized spacial score (nSPS) is 15.0. The van der Waals surface area contributed by atoms with Crippen molar-refractivity contribution in [1.29, 1.82) is 0 Å². The largest absolute Gasteiger partial charge is 0.321 e. The topological polar surface area (TPSA) is 95.6 Å². The van der Waals surface area contributed by atoms with Crippen molar-refractivity contribution in [2.24, 2.45) is 0 Å². The number of carbonyl (C=O) groups is 4. The summed E-state index contributed by atoms with van der Waals surface area (Å²) in [6, 6.07) is 27.3. The van der Waals surface area contributed by atoms with E-state index in [1.807, 2.05) is 0 Å². The molecule has 0 saturated carbocycles. The van der Waals surface area contributed by atoms with Crippen molar-refractivity contribution in [3.63, 3.8) is 0 Å². The van der Waals surface area contributed by atoms with E-state index in [4.69, 9.17) is 11.6 Å². The Kier molecular flexibility index (Phi) is 8.80. The molecule has 4 amide bonds. The number of nitrogens with zero attached hydrogens (tertiary/aromatic N) is 1. The average Bonchev–Trinajstić information content (AvgIpc) is 3.27. The molecule has 10 heteroatoms. The van der Waals surface area contributed by atoms with Crippen molar-refractivity contribution < 1.29 is 23.6 Å². The minimum Gasteiger partial charge on any atom is -0.321 e. The third kappa shape index (κ3) is 6.94. The van der Waals surface area contributed by atoms with Gasteiger partial charge in [-0.25, -0.2) is 9.29 Å². The first-order chi connectivity index (χ1) is 20.3. The van der Waals surface area contributed by atoms with Gasteiger partial charge in [0.05, 0.1) is 10.9 Å². The van der Waals surface area contributed by atoms with Crippen LogP contribution in [0.25, 0.3) is 6.08 Å². The Balaban J connectivity index is 1.27. The second-order valence-corrected chi connectivity index (χ2v) is 11.0. The highest BCUT2D eigenvalue weighted by Gasteiger charge is 2.40. The van der Waals surface area contributed by atoms with E-state index in [0.29, 0.717) is 27.5 Å². The molecule has 5 rings (SSSR count). The minimum absolute atomic E-state index is 0.0132. The molecule has 1 aliphatic heterocycles. The SMILES string of the molecule is O=C(Nc1ccc(SC2CC(=O)N(c3ccc(F)cc3)C2=O)cc1)/C(=C/c1ccc(Cl)cc1)NC(=O)c1ccccc1. The van der Waals surface area contributed by atoms with Gasteiger partial charge in [0.15, 0.2) is 0 Å². The summed E-state index contributed by atoms with van der Waals surface area (Å²) in [5.41, 5.74) is 1.87. The number of hydrogen-bond acceptors (Lipinski definition) is 5. The van der Waals surface area contributed by atoms with Crippen LogP contribution in [0.3, 0.4) is 0 Å². The zero-order valence-corrected chi connectivity index (χ0v) is 23.5. The fraction of sp³-hybridized carbons (Fsp3) is 0.0625. The number of nitrogens with one attached hydrogen (secondary N) is 2. The molecule has 210 valence electrons. The predicted molar refractivity (Wildman–Crippen MR) is 162 cm³/mol. The molecule has 1 heterocycles. The van der Waals surface area contributed by atoms with E-state index in [1.165, 1.54) is 36.0 Å². The monoisotopic (exact) mass is 599 g/mol. The van der Waals surface area contributed by atoms with Crippen molar-refractivity contribution >= 4 is 64.4 Å². The number of carbonyl (C=O) groups excluding carboxylic acids is 4. The third-order valence-electron chi connectivity index (χ3n) is 6.29. The fourth-order valence-corrected chi connectivity index (χ4v) is 5.39. The standard InChI is InChI=1S/C32H23ClFN3O4S/c33-22-8-6-20(7-9-22)18-27(36-30(39)21-4-2-1-3-5-21)31(40)35-24-12-16-26(17-13-24)42-28-19-29(38)37(32(28)41)25-14-10-23(34)11-15-25/h1-18,28H,19H2,(H,35,40)(H,36,39)/b27-18-. The summed E-state index contributed by atoms with van der Waals surface area (Å²) in [5, 5.41) is 5.37. The molecule has 2 N–H and O–H groups in total. The molecular formula is C32H23ClFN3O4S. The van der Waals surface area contributed by atoms with Crippen molar-refractivity contribution in [2.75, 3.05) is 10.2 Å². The highest BCUT2D eigenvalue weighted by atomic mass is 35.5. The molecule has 7 nitrogen and oxygen atoms in total. The summed E-state index contributed by atoms with van der Waals surface area (Å²) in [6.07, 6.45) is 1.56. The molecule has 0 radical (unpaired) electrons. The number of rotatable bonds is 8. The van der Waals surface area contributed by atoms with Crippen LogP contribution in [0.1, 0.15) is 22.3 Å². The van der Waals surface area contributed by atoms with Crippen LogP contribution in [0, 0.1) is 5.82 Å².